The molecule has 1 amide bonds. The third kappa shape index (κ3) is 5.47. The smallest absolute Gasteiger partial charge is 0.253 e. The van der Waals surface area contributed by atoms with Gasteiger partial charge in [0.25, 0.3) is 5.91 Å². The zero-order valence-corrected chi connectivity index (χ0v) is 19.6. The van der Waals surface area contributed by atoms with Gasteiger partial charge >= 0.3 is 0 Å². The topological polar surface area (TPSA) is 23.6 Å². The van der Waals surface area contributed by atoms with Gasteiger partial charge in [-0.1, -0.05) is 36.4 Å². The average molecular weight is 453 g/mol. The maximum Gasteiger partial charge on any atom is 0.253 e. The summed E-state index contributed by atoms with van der Waals surface area (Å²) in [5, 5.41) is 0.682. The zero-order valence-electron chi connectivity index (χ0n) is 18.1. The molecule has 1 unspecified atom stereocenters. The first-order valence-electron chi connectivity index (χ1n) is 11.2. The maximum atomic E-state index is 12.5. The van der Waals surface area contributed by atoms with Crippen LogP contribution in [0.1, 0.15) is 59.3 Å². The molecule has 0 N–H and O–H groups in total. The first kappa shape index (κ1) is 22.3. The van der Waals surface area contributed by atoms with Crippen LogP contribution in [0.4, 0.5) is 0 Å². The van der Waals surface area contributed by atoms with Crippen LogP contribution in [0.15, 0.2) is 42.5 Å². The van der Waals surface area contributed by atoms with Crippen LogP contribution in [0.25, 0.3) is 0 Å². The van der Waals surface area contributed by atoms with Gasteiger partial charge in [0, 0.05) is 60.4 Å². The summed E-state index contributed by atoms with van der Waals surface area (Å²) in [6.45, 7) is 6.25. The summed E-state index contributed by atoms with van der Waals surface area (Å²) < 4.78 is 0. The van der Waals surface area contributed by atoms with Crippen LogP contribution < -0.4 is 0 Å². The number of nitrogens with zero attached hydrogens (tertiary/aromatic N) is 2. The van der Waals surface area contributed by atoms with Gasteiger partial charge < -0.3 is 4.90 Å². The highest BCUT2D eigenvalue weighted by Crippen LogP contribution is 2.29. The Morgan fingerprint density at radius 1 is 1.03 bits per heavy atom. The minimum absolute atomic E-state index is 0.120. The van der Waals surface area contributed by atoms with Gasteiger partial charge in [0.05, 0.1) is 5.02 Å². The molecule has 4 rings (SSSR count). The number of carbonyl (C=O) groups is 1. The number of halogens is 1. The van der Waals surface area contributed by atoms with E-state index in [4.69, 9.17) is 11.6 Å². The number of rotatable bonds is 4. The fourth-order valence-electron chi connectivity index (χ4n) is 4.38. The molecule has 2 aliphatic rings. The van der Waals surface area contributed by atoms with Gasteiger partial charge in [-0.05, 0) is 61.2 Å². The molecule has 2 aromatic rings. The van der Waals surface area contributed by atoms with E-state index in [9.17, 15) is 4.79 Å². The second kappa shape index (κ2) is 10.6. The van der Waals surface area contributed by atoms with Crippen LogP contribution >= 0.6 is 23.4 Å². The van der Waals surface area contributed by atoms with Crippen LogP contribution in [0, 0.1) is 11.8 Å². The highest BCUT2D eigenvalue weighted by atomic mass is 35.5. The van der Waals surface area contributed by atoms with Gasteiger partial charge in [-0.3, -0.25) is 9.69 Å². The molecule has 162 valence electrons. The first-order valence-corrected chi connectivity index (χ1v) is 12.7. The second-order valence-corrected chi connectivity index (χ2v) is 9.77. The lowest BCUT2D eigenvalue weighted by atomic mass is 10.00. The third-order valence-electron chi connectivity index (χ3n) is 6.11. The monoisotopic (exact) mass is 452 g/mol. The summed E-state index contributed by atoms with van der Waals surface area (Å²) in [5.74, 6) is 9.00. The van der Waals surface area contributed by atoms with Gasteiger partial charge in [-0.15, -0.1) is 0 Å². The van der Waals surface area contributed by atoms with Crippen molar-refractivity contribution in [3.63, 3.8) is 0 Å². The van der Waals surface area contributed by atoms with Crippen molar-refractivity contribution in [2.75, 3.05) is 37.7 Å². The second-order valence-electron chi connectivity index (χ2n) is 8.14. The summed E-state index contributed by atoms with van der Waals surface area (Å²) in [6.07, 6.45) is 3.28. The van der Waals surface area contributed by atoms with Crippen molar-refractivity contribution < 1.29 is 4.79 Å². The van der Waals surface area contributed by atoms with Crippen LogP contribution in [-0.2, 0) is 0 Å². The third-order valence-corrected chi connectivity index (χ3v) is 7.39. The Kier molecular flexibility index (Phi) is 7.61. The molecule has 5 heteroatoms. The van der Waals surface area contributed by atoms with Crippen molar-refractivity contribution >= 4 is 29.3 Å². The predicted octanol–water partition coefficient (Wildman–Crippen LogP) is 5.48. The number of amides is 1. The average Bonchev–Trinajstić information content (AvgIpc) is 3.35. The van der Waals surface area contributed by atoms with Crippen LogP contribution in [0.5, 0.6) is 0 Å². The molecular weight excluding hydrogens is 424 g/mol. The summed E-state index contributed by atoms with van der Waals surface area (Å²) in [7, 11) is 0. The molecule has 2 saturated heterocycles. The molecule has 2 fully saturated rings. The van der Waals surface area contributed by atoms with Crippen molar-refractivity contribution in [3.05, 3.63) is 69.7 Å². The minimum Gasteiger partial charge on any atom is -0.339 e. The van der Waals surface area contributed by atoms with E-state index in [1.165, 1.54) is 17.1 Å². The summed E-state index contributed by atoms with van der Waals surface area (Å²) in [5.41, 5.74) is 3.77. The van der Waals surface area contributed by atoms with E-state index in [0.29, 0.717) is 11.1 Å². The summed E-state index contributed by atoms with van der Waals surface area (Å²) in [4.78, 5) is 17.0. The van der Waals surface area contributed by atoms with E-state index >= 15 is 0 Å². The maximum absolute atomic E-state index is 12.5. The van der Waals surface area contributed by atoms with Crippen LogP contribution in [0.2, 0.25) is 5.02 Å². The molecule has 2 heterocycles. The molecule has 2 aromatic carbocycles. The molecule has 0 radical (unpaired) electrons. The Hall–Kier alpha value is -1.93. The highest BCUT2D eigenvalue weighted by Gasteiger charge is 2.21. The van der Waals surface area contributed by atoms with Gasteiger partial charge in [0.2, 0.25) is 0 Å². The van der Waals surface area contributed by atoms with Crippen LogP contribution in [-0.4, -0.2) is 53.4 Å². The summed E-state index contributed by atoms with van der Waals surface area (Å²) in [6, 6.07) is 14.3. The minimum atomic E-state index is 0.120. The summed E-state index contributed by atoms with van der Waals surface area (Å²) >= 11 is 8.50. The number of hydrogen-bond acceptors (Lipinski definition) is 3. The van der Waals surface area contributed by atoms with Gasteiger partial charge in [0.1, 0.15) is 0 Å². The molecule has 0 bridgehead atoms. The molecule has 1 atom stereocenters. The van der Waals surface area contributed by atoms with E-state index in [0.717, 1.165) is 62.1 Å². The molecule has 0 saturated carbocycles. The van der Waals surface area contributed by atoms with Gasteiger partial charge in [0.15, 0.2) is 0 Å². The molecule has 31 heavy (non-hydrogen) atoms. The zero-order chi connectivity index (χ0) is 21.6. The molecular formula is C26H29ClN2OS. The Bertz CT molecular complexity index is 967. The molecule has 0 aromatic heterocycles. The number of benzene rings is 2. The van der Waals surface area contributed by atoms with Crippen LogP contribution in [0.3, 0.4) is 0 Å². The van der Waals surface area contributed by atoms with Crippen molar-refractivity contribution in [1.82, 2.24) is 9.80 Å². The lowest BCUT2D eigenvalue weighted by Gasteiger charge is -2.34. The number of hydrogen-bond donors (Lipinski definition) is 0. The Morgan fingerprint density at radius 3 is 2.42 bits per heavy atom. The Morgan fingerprint density at radius 2 is 1.74 bits per heavy atom. The molecule has 3 nitrogen and oxygen atoms in total. The van der Waals surface area contributed by atoms with Crippen molar-refractivity contribution in [3.8, 4) is 11.8 Å². The standard InChI is InChI=1S/C26H29ClN2OS/c1-2-25(28-15-17-31-18-16-28)23-11-12-24(27)22(19-23)10-7-20-5-8-21(9-6-20)26(30)29-13-3-4-14-29/h5-6,8-9,11-12,19,25H,2-4,13-18H2,1H3. The lowest BCUT2D eigenvalue weighted by Crippen LogP contribution is -2.35. The Labute approximate surface area is 195 Å². The molecule has 0 aliphatic carbocycles. The van der Waals surface area contributed by atoms with E-state index in [-0.39, 0.29) is 5.91 Å². The fraction of sp³-hybridized carbons (Fsp3) is 0.423. The normalized spacial score (nSPS) is 17.8. The molecule has 2 aliphatic heterocycles. The predicted molar refractivity (Wildman–Crippen MR) is 131 cm³/mol. The molecule has 0 spiro atoms. The number of likely N-dealkylation sites (tertiary alicyclic amines) is 1. The fourth-order valence-corrected chi connectivity index (χ4v) is 5.47. The number of thioether (sulfide) groups is 1. The van der Waals surface area contributed by atoms with E-state index in [2.05, 4.69) is 35.8 Å². The van der Waals surface area contributed by atoms with Gasteiger partial charge in [-0.25, -0.2) is 0 Å². The largest absolute Gasteiger partial charge is 0.339 e. The SMILES string of the molecule is CCC(c1ccc(Cl)c(C#Cc2ccc(C(=O)N3CCCC3)cc2)c1)N1CCSCC1. The van der Waals surface area contributed by atoms with Crippen molar-refractivity contribution in [2.24, 2.45) is 0 Å². The van der Waals surface area contributed by atoms with Crippen molar-refractivity contribution in [2.45, 2.75) is 32.2 Å². The highest BCUT2D eigenvalue weighted by molar-refractivity contribution is 7.99. The Balaban J connectivity index is 1.50. The number of carbonyl (C=O) groups excluding carboxylic acids is 1. The van der Waals surface area contributed by atoms with E-state index in [1.54, 1.807) is 0 Å². The lowest BCUT2D eigenvalue weighted by molar-refractivity contribution is 0.0793. The quantitative estimate of drug-likeness (QED) is 0.574. The first-order chi connectivity index (χ1) is 15.2. The van der Waals surface area contributed by atoms with Gasteiger partial charge in [-0.2, -0.15) is 11.8 Å². The van der Waals surface area contributed by atoms with E-state index < -0.39 is 0 Å². The van der Waals surface area contributed by atoms with Crippen molar-refractivity contribution in [1.29, 1.82) is 0 Å². The van der Waals surface area contributed by atoms with E-state index in [1.807, 2.05) is 47.0 Å².